The summed E-state index contributed by atoms with van der Waals surface area (Å²) in [5, 5.41) is 4.08. The molecule has 0 unspecified atom stereocenters. The van der Waals surface area contributed by atoms with E-state index in [1.165, 1.54) is 36.4 Å². The molecule has 0 saturated carbocycles. The second kappa shape index (κ2) is 7.71. The number of anilines is 1. The fourth-order valence-corrected chi connectivity index (χ4v) is 3.70. The van der Waals surface area contributed by atoms with Gasteiger partial charge in [0, 0.05) is 5.69 Å². The average molecular weight is 391 g/mol. The van der Waals surface area contributed by atoms with Crippen molar-refractivity contribution >= 4 is 32.2 Å². The summed E-state index contributed by atoms with van der Waals surface area (Å²) in [6, 6.07) is 17.2. The first-order valence-corrected chi connectivity index (χ1v) is 9.55. The van der Waals surface area contributed by atoms with Crippen LogP contribution >= 0.6 is 0 Å². The van der Waals surface area contributed by atoms with Gasteiger partial charge < -0.3 is 10.1 Å². The summed E-state index contributed by atoms with van der Waals surface area (Å²) in [6.07, 6.45) is 0. The minimum atomic E-state index is -3.83. The van der Waals surface area contributed by atoms with Crippen LogP contribution in [0.5, 0.6) is 5.75 Å². The molecule has 8 heteroatoms. The zero-order valence-corrected chi connectivity index (χ0v) is 14.7. The number of nitrogens with one attached hydrogen (secondary N) is 1. The number of alkyl halides is 2. The molecule has 1 amide bonds. The molecule has 0 aromatic heterocycles. The molecule has 140 valence electrons. The van der Waals surface area contributed by atoms with Crippen LogP contribution in [0.3, 0.4) is 0 Å². The van der Waals surface area contributed by atoms with Gasteiger partial charge in [0.25, 0.3) is 0 Å². The Morgan fingerprint density at radius 1 is 0.963 bits per heavy atom. The molecule has 0 atom stereocenters. The molecule has 3 rings (SSSR count). The van der Waals surface area contributed by atoms with Crippen LogP contribution in [0.1, 0.15) is 0 Å². The van der Waals surface area contributed by atoms with Crippen molar-refractivity contribution in [2.75, 3.05) is 11.1 Å². The van der Waals surface area contributed by atoms with Crippen LogP contribution in [0.15, 0.2) is 71.6 Å². The number of benzene rings is 3. The minimum absolute atomic E-state index is 0.0528. The first kappa shape index (κ1) is 18.8. The van der Waals surface area contributed by atoms with E-state index in [0.29, 0.717) is 0 Å². The zero-order chi connectivity index (χ0) is 19.4. The summed E-state index contributed by atoms with van der Waals surface area (Å²) in [6.45, 7) is -2.95. The Kier molecular flexibility index (Phi) is 5.36. The molecule has 1 N–H and O–H groups in total. The largest absolute Gasteiger partial charge is 0.435 e. The quantitative estimate of drug-likeness (QED) is 0.693. The summed E-state index contributed by atoms with van der Waals surface area (Å²) in [4.78, 5) is 12.1. The monoisotopic (exact) mass is 391 g/mol. The smallest absolute Gasteiger partial charge is 0.387 e. The normalized spacial score (nSPS) is 11.5. The van der Waals surface area contributed by atoms with Gasteiger partial charge in [-0.1, -0.05) is 30.3 Å². The maximum Gasteiger partial charge on any atom is 0.387 e. The lowest BCUT2D eigenvalue weighted by Gasteiger charge is -2.09. The molecule has 0 aliphatic carbocycles. The summed E-state index contributed by atoms with van der Waals surface area (Å²) in [7, 11) is -3.83. The number of sulfone groups is 1. The van der Waals surface area contributed by atoms with E-state index in [9.17, 15) is 22.0 Å². The molecule has 0 aliphatic heterocycles. The number of hydrogen-bond acceptors (Lipinski definition) is 4. The summed E-state index contributed by atoms with van der Waals surface area (Å²) >= 11 is 0. The van der Waals surface area contributed by atoms with Crippen molar-refractivity contribution in [3.63, 3.8) is 0 Å². The van der Waals surface area contributed by atoms with Crippen molar-refractivity contribution in [3.8, 4) is 5.75 Å². The minimum Gasteiger partial charge on any atom is -0.435 e. The summed E-state index contributed by atoms with van der Waals surface area (Å²) in [5.41, 5.74) is 0.273. The van der Waals surface area contributed by atoms with Crippen LogP contribution in [-0.2, 0) is 14.6 Å². The predicted molar refractivity (Wildman–Crippen MR) is 97.7 cm³/mol. The first-order chi connectivity index (χ1) is 12.8. The number of halogens is 2. The molecule has 5 nitrogen and oxygen atoms in total. The molecule has 0 saturated heterocycles. The lowest BCUT2D eigenvalue weighted by atomic mass is 10.1. The number of carbonyl (C=O) groups excluding carboxylic acids is 1. The second-order valence-corrected chi connectivity index (χ2v) is 7.71. The number of carbonyl (C=O) groups is 1. The van der Waals surface area contributed by atoms with Crippen molar-refractivity contribution < 1.29 is 26.7 Å². The van der Waals surface area contributed by atoms with E-state index in [0.717, 1.165) is 10.8 Å². The van der Waals surface area contributed by atoms with E-state index in [2.05, 4.69) is 10.1 Å². The van der Waals surface area contributed by atoms with Crippen molar-refractivity contribution in [2.24, 2.45) is 0 Å². The molecule has 27 heavy (non-hydrogen) atoms. The van der Waals surface area contributed by atoms with Gasteiger partial charge in [-0.2, -0.15) is 8.78 Å². The van der Waals surface area contributed by atoms with Crippen LogP contribution in [0, 0.1) is 0 Å². The third kappa shape index (κ3) is 4.79. The van der Waals surface area contributed by atoms with E-state index < -0.39 is 28.1 Å². The molecule has 0 aliphatic rings. The molecule has 0 radical (unpaired) electrons. The average Bonchev–Trinajstić information content (AvgIpc) is 2.62. The van der Waals surface area contributed by atoms with E-state index in [1.54, 1.807) is 18.2 Å². The highest BCUT2D eigenvalue weighted by Gasteiger charge is 2.20. The topological polar surface area (TPSA) is 72.5 Å². The highest BCUT2D eigenvalue weighted by Crippen LogP contribution is 2.21. The molecule has 0 heterocycles. The Bertz CT molecular complexity index is 1070. The Morgan fingerprint density at radius 3 is 2.30 bits per heavy atom. The zero-order valence-electron chi connectivity index (χ0n) is 13.9. The molecular formula is C19H15F2NO4S. The Balaban J connectivity index is 1.70. The van der Waals surface area contributed by atoms with E-state index in [4.69, 9.17) is 0 Å². The third-order valence-electron chi connectivity index (χ3n) is 3.76. The van der Waals surface area contributed by atoms with Gasteiger partial charge in [0.15, 0.2) is 9.84 Å². The van der Waals surface area contributed by atoms with Crippen LogP contribution < -0.4 is 10.1 Å². The number of fused-ring (bicyclic) bond motifs is 1. The molecule has 0 spiro atoms. The molecule has 0 bridgehead atoms. The van der Waals surface area contributed by atoms with Crippen LogP contribution in [0.25, 0.3) is 10.8 Å². The van der Waals surface area contributed by atoms with Crippen molar-refractivity contribution in [3.05, 3.63) is 66.7 Å². The fraction of sp³-hybridized carbons (Fsp3) is 0.105. The highest BCUT2D eigenvalue weighted by molar-refractivity contribution is 7.92. The van der Waals surface area contributed by atoms with Gasteiger partial charge in [0.2, 0.25) is 5.91 Å². The van der Waals surface area contributed by atoms with Crippen LogP contribution in [-0.4, -0.2) is 26.7 Å². The first-order valence-electron chi connectivity index (χ1n) is 7.90. The molecule has 3 aromatic carbocycles. The molecule has 3 aromatic rings. The van der Waals surface area contributed by atoms with Crippen LogP contribution in [0.2, 0.25) is 0 Å². The standard InChI is InChI=1S/C19H15F2NO4S/c20-19(21)26-16-8-6-15(7-9-16)22-18(23)12-27(24,25)17-10-5-13-3-1-2-4-14(13)11-17/h1-11,19H,12H2,(H,22,23). The highest BCUT2D eigenvalue weighted by atomic mass is 32.2. The van der Waals surface area contributed by atoms with E-state index in [1.807, 2.05) is 12.1 Å². The number of amides is 1. The maximum absolute atomic E-state index is 12.5. The molecular weight excluding hydrogens is 376 g/mol. The van der Waals surface area contributed by atoms with Crippen LogP contribution in [0.4, 0.5) is 14.5 Å². The fourth-order valence-electron chi connectivity index (χ4n) is 2.53. The number of ether oxygens (including phenoxy) is 1. The summed E-state index contributed by atoms with van der Waals surface area (Å²) in [5.74, 6) is -1.53. The third-order valence-corrected chi connectivity index (χ3v) is 5.38. The van der Waals surface area contributed by atoms with Gasteiger partial charge in [-0.05, 0) is 47.2 Å². The van der Waals surface area contributed by atoms with Gasteiger partial charge in [-0.25, -0.2) is 8.42 Å². The summed E-state index contributed by atoms with van der Waals surface area (Å²) < 4.78 is 53.4. The van der Waals surface area contributed by atoms with E-state index >= 15 is 0 Å². The lowest BCUT2D eigenvalue weighted by molar-refractivity contribution is -0.113. The lowest BCUT2D eigenvalue weighted by Crippen LogP contribution is -2.23. The van der Waals surface area contributed by atoms with Crippen molar-refractivity contribution in [1.82, 2.24) is 0 Å². The van der Waals surface area contributed by atoms with E-state index in [-0.39, 0.29) is 16.3 Å². The van der Waals surface area contributed by atoms with Gasteiger partial charge in [-0.15, -0.1) is 0 Å². The Labute approximate surface area is 154 Å². The van der Waals surface area contributed by atoms with Gasteiger partial charge in [0.05, 0.1) is 4.90 Å². The van der Waals surface area contributed by atoms with Crippen molar-refractivity contribution in [1.29, 1.82) is 0 Å². The predicted octanol–water partition coefficient (Wildman–Crippen LogP) is 3.85. The SMILES string of the molecule is O=C(CS(=O)(=O)c1ccc2ccccc2c1)Nc1ccc(OC(F)F)cc1. The van der Waals surface area contributed by atoms with Gasteiger partial charge in [-0.3, -0.25) is 4.79 Å². The Morgan fingerprint density at radius 2 is 1.63 bits per heavy atom. The molecule has 0 fully saturated rings. The Hall–Kier alpha value is -3.00. The number of hydrogen-bond donors (Lipinski definition) is 1. The number of rotatable bonds is 6. The van der Waals surface area contributed by atoms with Gasteiger partial charge >= 0.3 is 6.61 Å². The second-order valence-electron chi connectivity index (χ2n) is 5.72. The van der Waals surface area contributed by atoms with Crippen molar-refractivity contribution in [2.45, 2.75) is 11.5 Å². The van der Waals surface area contributed by atoms with Gasteiger partial charge in [0.1, 0.15) is 11.5 Å². The maximum atomic E-state index is 12.5.